The topological polar surface area (TPSA) is 101 Å². The Hall–Kier alpha value is -2.49. The minimum atomic E-state index is -1.44. The van der Waals surface area contributed by atoms with Crippen LogP contribution in [0.3, 0.4) is 0 Å². The van der Waals surface area contributed by atoms with Gasteiger partial charge in [0.25, 0.3) is 0 Å². The van der Waals surface area contributed by atoms with Crippen LogP contribution in [0.2, 0.25) is 0 Å². The number of para-hydroxylation sites is 2. The molecule has 1 saturated heterocycles. The van der Waals surface area contributed by atoms with Crippen LogP contribution in [0.4, 0.5) is 0 Å². The number of aromatic nitrogens is 3. The van der Waals surface area contributed by atoms with E-state index >= 15 is 0 Å². The third kappa shape index (κ3) is 4.12. The predicted molar refractivity (Wildman–Crippen MR) is 121 cm³/mol. The summed E-state index contributed by atoms with van der Waals surface area (Å²) < 4.78 is 32.6. The molecule has 3 aromatic rings. The van der Waals surface area contributed by atoms with Gasteiger partial charge < -0.3 is 20.1 Å². The number of hydrogen-bond acceptors (Lipinski definition) is 7. The van der Waals surface area contributed by atoms with Gasteiger partial charge in [-0.25, -0.2) is 9.66 Å². The summed E-state index contributed by atoms with van der Waals surface area (Å²) in [7, 11) is -1.44. The number of nitrogens with two attached hydrogens (primary N) is 1. The minimum absolute atomic E-state index is 0.184. The summed E-state index contributed by atoms with van der Waals surface area (Å²) in [5.74, 6) is 6.90. The van der Waals surface area contributed by atoms with E-state index in [-0.39, 0.29) is 17.5 Å². The van der Waals surface area contributed by atoms with Crippen LogP contribution in [0.15, 0.2) is 41.7 Å². The molecule has 2 fully saturated rings. The van der Waals surface area contributed by atoms with E-state index in [0.29, 0.717) is 30.7 Å². The van der Waals surface area contributed by atoms with Crippen molar-refractivity contribution in [1.82, 2.24) is 14.6 Å². The quantitative estimate of drug-likeness (QED) is 0.569. The molecule has 1 spiro atoms. The Balaban J connectivity index is 1.23. The summed E-state index contributed by atoms with van der Waals surface area (Å²) in [6.45, 7) is 3.73. The maximum atomic E-state index is 13.0. The predicted octanol–water partition coefficient (Wildman–Crippen LogP) is 3.07. The van der Waals surface area contributed by atoms with Crippen LogP contribution in [0.25, 0.3) is 11.0 Å². The fourth-order valence-electron chi connectivity index (χ4n) is 4.37. The van der Waals surface area contributed by atoms with Gasteiger partial charge in [-0.3, -0.25) is 9.19 Å². The first-order chi connectivity index (χ1) is 15.5. The lowest BCUT2D eigenvalue weighted by molar-refractivity contribution is -0.280. The van der Waals surface area contributed by atoms with E-state index in [1.807, 2.05) is 37.3 Å². The van der Waals surface area contributed by atoms with Gasteiger partial charge in [-0.15, -0.1) is 0 Å². The zero-order valence-electron chi connectivity index (χ0n) is 18.2. The van der Waals surface area contributed by atoms with E-state index in [1.165, 1.54) is 17.5 Å². The lowest BCUT2D eigenvalue weighted by Gasteiger charge is -2.37. The second-order valence-corrected chi connectivity index (χ2v) is 9.89. The third-order valence-corrected chi connectivity index (χ3v) is 7.53. The van der Waals surface area contributed by atoms with Gasteiger partial charge in [0.05, 0.1) is 53.1 Å². The van der Waals surface area contributed by atoms with E-state index in [4.69, 9.17) is 20.1 Å². The van der Waals surface area contributed by atoms with Crippen LogP contribution < -0.4 is 10.6 Å². The Bertz CT molecular complexity index is 1130. The standard InChI is InChI=1S/C23H28N4O4S/c1-16-19(15-32(28)22-26-18-6-2-3-7-20(18)27(22)24)25-11-8-21(16)29-12-17-13-30-23(31-14-17)9-4-5-10-23/h2-3,6-8,11,17H,4-5,9-10,12-15,24H2,1H3. The van der Waals surface area contributed by atoms with E-state index in [1.54, 1.807) is 6.20 Å². The van der Waals surface area contributed by atoms with Crippen LogP contribution in [-0.2, 0) is 26.0 Å². The highest BCUT2D eigenvalue weighted by molar-refractivity contribution is 7.84. The SMILES string of the molecule is Cc1c(OCC2COC3(CCCC3)OC2)ccnc1CS(=O)c1nc2ccccc2n1N. The van der Waals surface area contributed by atoms with Gasteiger partial charge in [0.1, 0.15) is 5.75 Å². The lowest BCUT2D eigenvalue weighted by Crippen LogP contribution is -2.43. The van der Waals surface area contributed by atoms with Crippen molar-refractivity contribution >= 4 is 21.8 Å². The average molecular weight is 457 g/mol. The Kier molecular flexibility index (Phi) is 5.88. The van der Waals surface area contributed by atoms with Crippen LogP contribution in [0.5, 0.6) is 5.75 Å². The molecule has 1 unspecified atom stereocenters. The number of rotatable bonds is 6. The summed E-state index contributed by atoms with van der Waals surface area (Å²) in [4.78, 5) is 8.87. The van der Waals surface area contributed by atoms with Gasteiger partial charge in [-0.1, -0.05) is 12.1 Å². The van der Waals surface area contributed by atoms with E-state index in [0.717, 1.165) is 35.2 Å². The van der Waals surface area contributed by atoms with E-state index < -0.39 is 10.8 Å². The number of nitrogens with zero attached hydrogens (tertiary/aromatic N) is 3. The first-order valence-electron chi connectivity index (χ1n) is 11.0. The number of pyridine rings is 1. The Labute approximate surface area is 189 Å². The second kappa shape index (κ2) is 8.80. The molecule has 1 saturated carbocycles. The summed E-state index contributed by atoms with van der Waals surface area (Å²) >= 11 is 0. The Morgan fingerprint density at radius 1 is 1.22 bits per heavy atom. The van der Waals surface area contributed by atoms with Crippen LogP contribution in [-0.4, -0.2) is 44.5 Å². The fourth-order valence-corrected chi connectivity index (χ4v) is 5.55. The molecular weight excluding hydrogens is 428 g/mol. The minimum Gasteiger partial charge on any atom is -0.493 e. The maximum Gasteiger partial charge on any atom is 0.219 e. The molecule has 0 amide bonds. The molecule has 1 aromatic carbocycles. The van der Waals surface area contributed by atoms with E-state index in [9.17, 15) is 4.21 Å². The molecule has 9 heteroatoms. The molecule has 32 heavy (non-hydrogen) atoms. The van der Waals surface area contributed by atoms with Gasteiger partial charge in [-0.2, -0.15) is 0 Å². The highest BCUT2D eigenvalue weighted by atomic mass is 32.2. The molecule has 170 valence electrons. The van der Waals surface area contributed by atoms with Crippen molar-refractivity contribution in [2.24, 2.45) is 5.92 Å². The highest BCUT2D eigenvalue weighted by Crippen LogP contribution is 2.37. The fraction of sp³-hybridized carbons (Fsp3) is 0.478. The molecular formula is C23H28N4O4S. The van der Waals surface area contributed by atoms with Gasteiger partial charge in [0.15, 0.2) is 5.79 Å². The zero-order chi connectivity index (χ0) is 22.1. The van der Waals surface area contributed by atoms with Gasteiger partial charge in [-0.05, 0) is 38.0 Å². The second-order valence-electron chi connectivity index (χ2n) is 8.54. The molecule has 2 aliphatic rings. The smallest absolute Gasteiger partial charge is 0.219 e. The largest absolute Gasteiger partial charge is 0.493 e. The number of imidazole rings is 1. The monoisotopic (exact) mass is 456 g/mol. The van der Waals surface area contributed by atoms with Crippen molar-refractivity contribution in [1.29, 1.82) is 0 Å². The lowest BCUT2D eigenvalue weighted by atomic mass is 10.1. The van der Waals surface area contributed by atoms with Crippen LogP contribution >= 0.6 is 0 Å². The van der Waals surface area contributed by atoms with Gasteiger partial charge in [0, 0.05) is 30.5 Å². The highest BCUT2D eigenvalue weighted by Gasteiger charge is 2.40. The van der Waals surface area contributed by atoms with E-state index in [2.05, 4.69) is 9.97 Å². The molecule has 2 aromatic heterocycles. The van der Waals surface area contributed by atoms with Crippen molar-refractivity contribution in [3.63, 3.8) is 0 Å². The van der Waals surface area contributed by atoms with Gasteiger partial charge in [0.2, 0.25) is 5.16 Å². The maximum absolute atomic E-state index is 13.0. The summed E-state index contributed by atoms with van der Waals surface area (Å²) in [5.41, 5.74) is 3.03. The van der Waals surface area contributed by atoms with Crippen molar-refractivity contribution < 1.29 is 18.4 Å². The number of fused-ring (bicyclic) bond motifs is 1. The number of ether oxygens (including phenoxy) is 3. The first-order valence-corrected chi connectivity index (χ1v) is 12.3. The Morgan fingerprint density at radius 3 is 2.72 bits per heavy atom. The molecule has 5 rings (SSSR count). The normalized spacial score (nSPS) is 19.5. The first kappa shape index (κ1) is 21.4. The Morgan fingerprint density at radius 2 is 1.97 bits per heavy atom. The molecule has 0 bridgehead atoms. The molecule has 0 radical (unpaired) electrons. The molecule has 1 aliphatic heterocycles. The molecule has 1 aliphatic carbocycles. The van der Waals surface area contributed by atoms with Crippen molar-refractivity contribution in [2.45, 2.75) is 49.3 Å². The average Bonchev–Trinajstić information content (AvgIpc) is 3.40. The zero-order valence-corrected chi connectivity index (χ0v) is 19.0. The van der Waals surface area contributed by atoms with Crippen LogP contribution in [0.1, 0.15) is 36.9 Å². The number of nitrogen functional groups attached to an aromatic ring is 1. The molecule has 3 heterocycles. The van der Waals surface area contributed by atoms with Gasteiger partial charge >= 0.3 is 0 Å². The summed E-state index contributed by atoms with van der Waals surface area (Å²) in [5, 5.41) is 0.330. The molecule has 1 atom stereocenters. The van der Waals surface area contributed by atoms with Crippen molar-refractivity contribution in [3.8, 4) is 5.75 Å². The van der Waals surface area contributed by atoms with Crippen molar-refractivity contribution in [2.75, 3.05) is 25.7 Å². The summed E-state index contributed by atoms with van der Waals surface area (Å²) in [6.07, 6.45) is 5.99. The molecule has 2 N–H and O–H groups in total. The third-order valence-electron chi connectivity index (χ3n) is 6.30. The summed E-state index contributed by atoms with van der Waals surface area (Å²) in [6, 6.07) is 9.30. The van der Waals surface area contributed by atoms with Crippen LogP contribution in [0, 0.1) is 12.8 Å². The molecule has 8 nitrogen and oxygen atoms in total. The number of benzene rings is 1. The van der Waals surface area contributed by atoms with Crippen molar-refractivity contribution in [3.05, 3.63) is 47.8 Å². The number of hydrogen-bond donors (Lipinski definition) is 1.